The van der Waals surface area contributed by atoms with Crippen LogP contribution in [0.2, 0.25) is 0 Å². The largest absolute Gasteiger partial charge is 0.494 e. The van der Waals surface area contributed by atoms with Crippen LogP contribution in [0.15, 0.2) is 23.2 Å². The highest BCUT2D eigenvalue weighted by molar-refractivity contribution is 5.97. The smallest absolute Gasteiger partial charge is 0.229 e. The first-order chi connectivity index (χ1) is 13.0. The highest BCUT2D eigenvalue weighted by Crippen LogP contribution is 2.21. The molecule has 1 aliphatic rings. The second-order valence-electron chi connectivity index (χ2n) is 6.31. The Bertz CT molecular complexity index is 692. The van der Waals surface area contributed by atoms with Crippen LogP contribution < -0.4 is 15.4 Å². The van der Waals surface area contributed by atoms with Crippen molar-refractivity contribution in [1.82, 2.24) is 15.5 Å². The molecule has 2 amide bonds. The third-order valence-corrected chi connectivity index (χ3v) is 4.35. The molecule has 1 heterocycles. The fraction of sp³-hybridized carbons (Fsp3) is 0.526. The highest BCUT2D eigenvalue weighted by atomic mass is 19.1. The van der Waals surface area contributed by atoms with Crippen molar-refractivity contribution in [3.63, 3.8) is 0 Å². The number of piperidine rings is 1. The van der Waals surface area contributed by atoms with E-state index in [4.69, 9.17) is 4.74 Å². The zero-order valence-electron chi connectivity index (χ0n) is 16.0. The Morgan fingerprint density at radius 2 is 2.04 bits per heavy atom. The highest BCUT2D eigenvalue weighted by Gasteiger charge is 2.25. The molecule has 0 saturated carbocycles. The van der Waals surface area contributed by atoms with Gasteiger partial charge in [-0.3, -0.25) is 19.5 Å². The van der Waals surface area contributed by atoms with Crippen molar-refractivity contribution in [1.29, 1.82) is 0 Å². The molecule has 2 rings (SSSR count). The first-order valence-electron chi connectivity index (χ1n) is 9.17. The number of rotatable bonds is 7. The van der Waals surface area contributed by atoms with Gasteiger partial charge in [-0.15, -0.1) is 0 Å². The van der Waals surface area contributed by atoms with E-state index in [1.54, 1.807) is 12.1 Å². The van der Waals surface area contributed by atoms with E-state index in [-0.39, 0.29) is 30.2 Å². The van der Waals surface area contributed by atoms with E-state index in [9.17, 15) is 14.0 Å². The number of ether oxygens (including phenoxy) is 1. The van der Waals surface area contributed by atoms with Gasteiger partial charge in [0, 0.05) is 25.9 Å². The molecule has 1 aromatic carbocycles. The minimum absolute atomic E-state index is 0.138. The molecular formula is C19H27FN4O3. The molecule has 27 heavy (non-hydrogen) atoms. The molecule has 0 spiro atoms. The maximum atomic E-state index is 13.9. The van der Waals surface area contributed by atoms with E-state index >= 15 is 0 Å². The van der Waals surface area contributed by atoms with Gasteiger partial charge in [0.1, 0.15) is 0 Å². The standard InChI is InChI=1S/C19H27FN4O3/c1-4-21-19(22-10-11-24-17(25)6-5-7-18(24)26)23-13(2)14-8-9-16(27-3)15(20)12-14/h8-9,12-13H,4-7,10-11H2,1-3H3,(H2,21,22,23). The second kappa shape index (κ2) is 9.89. The van der Waals surface area contributed by atoms with Crippen LogP contribution in [-0.4, -0.2) is 49.4 Å². The number of imide groups is 1. The number of nitrogens with one attached hydrogen (secondary N) is 2. The molecular weight excluding hydrogens is 351 g/mol. The number of benzene rings is 1. The molecule has 0 aromatic heterocycles. The van der Waals surface area contributed by atoms with Gasteiger partial charge in [-0.1, -0.05) is 6.07 Å². The maximum absolute atomic E-state index is 13.9. The summed E-state index contributed by atoms with van der Waals surface area (Å²) in [5.74, 6) is 0.0382. The second-order valence-corrected chi connectivity index (χ2v) is 6.31. The summed E-state index contributed by atoms with van der Waals surface area (Å²) in [4.78, 5) is 29.4. The minimum atomic E-state index is -0.423. The van der Waals surface area contributed by atoms with Crippen LogP contribution in [0.25, 0.3) is 0 Å². The average Bonchev–Trinajstić information content (AvgIpc) is 2.64. The zero-order valence-corrected chi connectivity index (χ0v) is 16.0. The van der Waals surface area contributed by atoms with Crippen molar-refractivity contribution in [3.05, 3.63) is 29.6 Å². The molecule has 0 aliphatic carbocycles. The minimum Gasteiger partial charge on any atom is -0.494 e. The number of guanidine groups is 1. The van der Waals surface area contributed by atoms with Gasteiger partial charge in [-0.25, -0.2) is 4.39 Å². The van der Waals surface area contributed by atoms with E-state index in [1.807, 2.05) is 13.8 Å². The molecule has 1 fully saturated rings. The normalized spacial score (nSPS) is 16.3. The summed E-state index contributed by atoms with van der Waals surface area (Å²) in [5, 5.41) is 6.31. The summed E-state index contributed by atoms with van der Waals surface area (Å²) >= 11 is 0. The van der Waals surface area contributed by atoms with Crippen molar-refractivity contribution in [2.24, 2.45) is 4.99 Å². The number of nitrogens with zero attached hydrogens (tertiary/aromatic N) is 2. The molecule has 1 aromatic rings. The van der Waals surface area contributed by atoms with Crippen molar-refractivity contribution in [2.75, 3.05) is 26.7 Å². The van der Waals surface area contributed by atoms with Gasteiger partial charge in [0.15, 0.2) is 17.5 Å². The van der Waals surface area contributed by atoms with E-state index < -0.39 is 5.82 Å². The number of hydrogen-bond donors (Lipinski definition) is 2. The van der Waals surface area contributed by atoms with Crippen LogP contribution in [0.3, 0.4) is 0 Å². The molecule has 2 N–H and O–H groups in total. The molecule has 0 bridgehead atoms. The van der Waals surface area contributed by atoms with Crippen LogP contribution in [-0.2, 0) is 9.59 Å². The molecule has 1 atom stereocenters. The van der Waals surface area contributed by atoms with Crippen molar-refractivity contribution in [2.45, 2.75) is 39.2 Å². The first-order valence-corrected chi connectivity index (χ1v) is 9.17. The number of amides is 2. The van der Waals surface area contributed by atoms with Crippen LogP contribution in [0.4, 0.5) is 4.39 Å². The van der Waals surface area contributed by atoms with E-state index in [1.165, 1.54) is 18.1 Å². The lowest BCUT2D eigenvalue weighted by Gasteiger charge is -2.24. The molecule has 1 unspecified atom stereocenters. The lowest BCUT2D eigenvalue weighted by molar-refractivity contribution is -0.147. The Hall–Kier alpha value is -2.64. The van der Waals surface area contributed by atoms with E-state index in [2.05, 4.69) is 15.6 Å². The van der Waals surface area contributed by atoms with Gasteiger partial charge in [-0.05, 0) is 38.0 Å². The predicted octanol–water partition coefficient (Wildman–Crippen LogP) is 1.99. The maximum Gasteiger partial charge on any atom is 0.229 e. The summed E-state index contributed by atoms with van der Waals surface area (Å²) in [5.41, 5.74) is 0.750. The third kappa shape index (κ3) is 5.67. The Labute approximate surface area is 159 Å². The van der Waals surface area contributed by atoms with Crippen LogP contribution >= 0.6 is 0 Å². The molecule has 1 aliphatic heterocycles. The van der Waals surface area contributed by atoms with Gasteiger partial charge in [0.2, 0.25) is 11.8 Å². The lowest BCUT2D eigenvalue weighted by Crippen LogP contribution is -2.42. The number of aliphatic imine (C=N–C) groups is 1. The Kier molecular flexibility index (Phi) is 7.57. The summed E-state index contributed by atoms with van der Waals surface area (Å²) in [6, 6.07) is 4.60. The third-order valence-electron chi connectivity index (χ3n) is 4.35. The first kappa shape index (κ1) is 20.7. The van der Waals surface area contributed by atoms with E-state index in [0.29, 0.717) is 38.3 Å². The molecule has 1 saturated heterocycles. The molecule has 148 valence electrons. The Morgan fingerprint density at radius 1 is 1.33 bits per heavy atom. The number of halogens is 1. The summed E-state index contributed by atoms with van der Waals surface area (Å²) < 4.78 is 18.8. The van der Waals surface area contributed by atoms with E-state index in [0.717, 1.165) is 5.56 Å². The fourth-order valence-electron chi connectivity index (χ4n) is 2.87. The van der Waals surface area contributed by atoms with Crippen molar-refractivity contribution < 1.29 is 18.7 Å². The number of hydrogen-bond acceptors (Lipinski definition) is 4. The Morgan fingerprint density at radius 3 is 2.63 bits per heavy atom. The molecule has 8 heteroatoms. The SMILES string of the molecule is CCNC(=NCCN1C(=O)CCCC1=O)NC(C)c1ccc(OC)c(F)c1. The lowest BCUT2D eigenvalue weighted by atomic mass is 10.1. The topological polar surface area (TPSA) is 83.0 Å². The van der Waals surface area contributed by atoms with Crippen molar-refractivity contribution in [3.8, 4) is 5.75 Å². The zero-order chi connectivity index (χ0) is 19.8. The Balaban J connectivity index is 1.99. The molecule has 0 radical (unpaired) electrons. The van der Waals surface area contributed by atoms with Crippen LogP contribution in [0.1, 0.15) is 44.7 Å². The number of likely N-dealkylation sites (tertiary alicyclic amines) is 1. The summed E-state index contributed by atoms with van der Waals surface area (Å²) in [6.45, 7) is 5.05. The van der Waals surface area contributed by atoms with Gasteiger partial charge >= 0.3 is 0 Å². The quantitative estimate of drug-likeness (QED) is 0.431. The van der Waals surface area contributed by atoms with Crippen LogP contribution in [0, 0.1) is 5.82 Å². The summed E-state index contributed by atoms with van der Waals surface area (Å²) in [7, 11) is 1.42. The number of carbonyl (C=O) groups excluding carboxylic acids is 2. The van der Waals surface area contributed by atoms with Crippen molar-refractivity contribution >= 4 is 17.8 Å². The predicted molar refractivity (Wildman–Crippen MR) is 101 cm³/mol. The monoisotopic (exact) mass is 378 g/mol. The summed E-state index contributed by atoms with van der Waals surface area (Å²) in [6.07, 6.45) is 1.44. The fourth-order valence-corrected chi connectivity index (χ4v) is 2.87. The van der Waals surface area contributed by atoms with Crippen LogP contribution in [0.5, 0.6) is 5.75 Å². The number of methoxy groups -OCH3 is 1. The molecule has 7 nitrogen and oxygen atoms in total. The van der Waals surface area contributed by atoms with Gasteiger partial charge in [-0.2, -0.15) is 0 Å². The number of carbonyl (C=O) groups is 2. The van der Waals surface area contributed by atoms with Gasteiger partial charge in [0.25, 0.3) is 0 Å². The average molecular weight is 378 g/mol. The van der Waals surface area contributed by atoms with Gasteiger partial charge < -0.3 is 15.4 Å². The van der Waals surface area contributed by atoms with Gasteiger partial charge in [0.05, 0.1) is 19.7 Å².